The van der Waals surface area contributed by atoms with Crippen molar-refractivity contribution in [1.29, 1.82) is 0 Å². The summed E-state index contributed by atoms with van der Waals surface area (Å²) in [7, 11) is 0. The van der Waals surface area contributed by atoms with Crippen molar-refractivity contribution in [3.8, 4) is 0 Å². The van der Waals surface area contributed by atoms with Gasteiger partial charge in [-0.05, 0) is 6.54 Å². The molecule has 0 aliphatic carbocycles. The van der Waals surface area contributed by atoms with Crippen LogP contribution >= 0.6 is 24.8 Å². The van der Waals surface area contributed by atoms with E-state index >= 15 is 0 Å². The molecule has 0 fully saturated rings. The summed E-state index contributed by atoms with van der Waals surface area (Å²) in [5, 5.41) is 4.00. The molecule has 14 heavy (non-hydrogen) atoms. The van der Waals surface area contributed by atoms with Gasteiger partial charge in [-0.2, -0.15) is 30.3 Å². The molecule has 0 aliphatic rings. The van der Waals surface area contributed by atoms with E-state index in [2.05, 4.69) is 43.2 Å². The summed E-state index contributed by atoms with van der Waals surface area (Å²) >= 11 is 13.7. The molecular weight excluding hydrogens is 340 g/mol. The first-order valence-electron chi connectivity index (χ1n) is 3.41. The molecule has 0 aromatic rings. The Labute approximate surface area is 127 Å². The van der Waals surface area contributed by atoms with Crippen LogP contribution in [0.5, 0.6) is 0 Å². The average Bonchev–Trinajstić information content (AvgIpc) is 2.06. The molecule has 0 atom stereocenters. The van der Waals surface area contributed by atoms with Gasteiger partial charge in [0.25, 0.3) is 0 Å². The topological polar surface area (TPSA) is 40.1 Å². The van der Waals surface area contributed by atoms with Gasteiger partial charge >= 0.3 is 0 Å². The van der Waals surface area contributed by atoms with E-state index in [9.17, 15) is 0 Å². The zero-order valence-electron chi connectivity index (χ0n) is 7.81. The third kappa shape index (κ3) is 48.0. The van der Waals surface area contributed by atoms with Crippen LogP contribution in [0.2, 0.25) is 0 Å². The molecule has 90 valence electrons. The Morgan fingerprint density at radius 1 is 0.857 bits per heavy atom. The molecule has 8 heteroatoms. The molecule has 0 saturated heterocycles. The molecule has 0 spiro atoms. The van der Waals surface area contributed by atoms with Crippen LogP contribution in [0.1, 0.15) is 0 Å². The molecule has 0 aliphatic heterocycles. The van der Waals surface area contributed by atoms with Crippen molar-refractivity contribution >= 4 is 80.3 Å². The van der Waals surface area contributed by atoms with Crippen molar-refractivity contribution in [3.05, 3.63) is 5.32 Å². The van der Waals surface area contributed by atoms with Crippen molar-refractivity contribution < 1.29 is 0 Å². The molecule has 2 N–H and O–H groups in total. The molecule has 2 nitrogen and oxygen atoms in total. The Morgan fingerprint density at radius 3 is 1.29 bits per heavy atom. The van der Waals surface area contributed by atoms with Gasteiger partial charge in [-0.25, -0.2) is 0 Å². The molecule has 0 rings (SSSR count). The predicted octanol–water partition coefficient (Wildman–Crippen LogP) is 0.409. The zero-order chi connectivity index (χ0) is 8.95. The zero-order valence-corrected chi connectivity index (χ0v) is 14.0. The summed E-state index contributed by atoms with van der Waals surface area (Å²) in [4.78, 5) is 0. The monoisotopic (exact) mass is 356 g/mol. The average molecular weight is 356 g/mol. The van der Waals surface area contributed by atoms with Gasteiger partial charge in [-0.3, -0.25) is 0 Å². The number of hydrogen-bond donors (Lipinski definition) is 1. The maximum Gasteiger partial charge on any atom is 0 e. The Bertz CT molecular complexity index is 62.3. The molecule has 0 amide bonds. The quantitative estimate of drug-likeness (QED) is 0.440. The molecular formula is C6H16Cl2GeN2S3-4. The first-order chi connectivity index (χ1) is 5.33. The number of nitrogens with two attached hydrogens (primary N) is 1. The van der Waals surface area contributed by atoms with Gasteiger partial charge in [0, 0.05) is 17.6 Å². The summed E-state index contributed by atoms with van der Waals surface area (Å²) in [5.74, 6) is 2.14. The summed E-state index contributed by atoms with van der Waals surface area (Å²) in [6, 6.07) is 0. The summed E-state index contributed by atoms with van der Waals surface area (Å²) in [5.41, 5.74) is 4.92. The molecule has 0 bridgehead atoms. The van der Waals surface area contributed by atoms with E-state index in [0.29, 0.717) is 12.3 Å². The molecule has 0 unspecified atom stereocenters. The van der Waals surface area contributed by atoms with Crippen LogP contribution in [0, 0.1) is 0 Å². The normalized spacial score (nSPS) is 6.86. The molecule has 0 heterocycles. The van der Waals surface area contributed by atoms with E-state index in [-0.39, 0.29) is 42.4 Å². The molecule has 0 aromatic heterocycles. The van der Waals surface area contributed by atoms with Crippen molar-refractivity contribution in [2.45, 2.75) is 0 Å². The number of rotatable bonds is 5. The van der Waals surface area contributed by atoms with Crippen molar-refractivity contribution in [1.82, 2.24) is 0 Å². The number of hydrogen-bond acceptors (Lipinski definition) is 4. The third-order valence-corrected chi connectivity index (χ3v) is 1.22. The van der Waals surface area contributed by atoms with Crippen LogP contribution in [0.15, 0.2) is 0 Å². The standard InChI is InChI=1S/C4H10NS2.C2H7NS.2ClH.Ge/c6-3-1-5-2-4-7;3-1-2-4;;;/h6-7H,1-4H2;4H,1-3H2;2*1H;/q-1;;;;/p-3. The van der Waals surface area contributed by atoms with E-state index in [1.165, 1.54) is 0 Å². The van der Waals surface area contributed by atoms with Crippen LogP contribution in [-0.4, -0.2) is 54.5 Å². The largest absolute Gasteiger partial charge is 0.794 e. The van der Waals surface area contributed by atoms with Crippen LogP contribution in [0.4, 0.5) is 0 Å². The second kappa shape index (κ2) is 36.3. The van der Waals surface area contributed by atoms with E-state index in [4.69, 9.17) is 5.73 Å². The SMILES string of the molecule is Cl.Cl.NCC[S-].[Ge].[S-]CC[N-]CC[S-]. The van der Waals surface area contributed by atoms with Crippen LogP contribution in [0.3, 0.4) is 0 Å². The Hall–Kier alpha value is 2.09. The van der Waals surface area contributed by atoms with Gasteiger partial charge in [-0.15, -0.1) is 24.8 Å². The minimum atomic E-state index is 0. The second-order valence-corrected chi connectivity index (χ2v) is 2.80. The second-order valence-electron chi connectivity index (χ2n) is 1.57. The number of halogens is 2. The van der Waals surface area contributed by atoms with Crippen molar-refractivity contribution in [2.75, 3.05) is 36.9 Å². The van der Waals surface area contributed by atoms with Crippen LogP contribution < -0.4 is 5.73 Å². The Balaban J connectivity index is -0.0000000347. The van der Waals surface area contributed by atoms with Gasteiger partial charge in [0.2, 0.25) is 0 Å². The first kappa shape index (κ1) is 29.8. The van der Waals surface area contributed by atoms with Gasteiger partial charge in [0.1, 0.15) is 0 Å². The van der Waals surface area contributed by atoms with E-state index in [1.807, 2.05) is 0 Å². The van der Waals surface area contributed by atoms with Gasteiger partial charge in [0.05, 0.1) is 0 Å². The van der Waals surface area contributed by atoms with Gasteiger partial charge in [0.15, 0.2) is 0 Å². The van der Waals surface area contributed by atoms with E-state index in [0.717, 1.165) is 24.6 Å². The number of nitrogens with zero attached hydrogens (tertiary/aromatic N) is 1. The van der Waals surface area contributed by atoms with Crippen molar-refractivity contribution in [2.24, 2.45) is 5.73 Å². The summed E-state index contributed by atoms with van der Waals surface area (Å²) in [6.45, 7) is 2.23. The van der Waals surface area contributed by atoms with Gasteiger partial charge < -0.3 is 48.9 Å². The van der Waals surface area contributed by atoms with Crippen LogP contribution in [0.25, 0.3) is 5.32 Å². The fraction of sp³-hybridized carbons (Fsp3) is 1.00. The fourth-order valence-electron chi connectivity index (χ4n) is 0.241. The Morgan fingerprint density at radius 2 is 1.14 bits per heavy atom. The minimum Gasteiger partial charge on any atom is -0.794 e. The van der Waals surface area contributed by atoms with Crippen LogP contribution in [-0.2, 0) is 37.9 Å². The Kier molecular flexibility index (Phi) is 77.1. The molecule has 0 saturated carbocycles. The molecule has 4 radical (unpaired) electrons. The third-order valence-electron chi connectivity index (χ3n) is 0.617. The smallest absolute Gasteiger partial charge is 0 e. The first-order valence-corrected chi connectivity index (χ1v) is 5.14. The van der Waals surface area contributed by atoms with Crippen molar-refractivity contribution in [3.63, 3.8) is 0 Å². The summed E-state index contributed by atoms with van der Waals surface area (Å²) < 4.78 is 0. The predicted molar refractivity (Wildman–Crippen MR) is 79.1 cm³/mol. The van der Waals surface area contributed by atoms with E-state index < -0.39 is 0 Å². The molecule has 0 aromatic carbocycles. The fourth-order valence-corrected chi connectivity index (χ4v) is 0.499. The van der Waals surface area contributed by atoms with E-state index in [1.54, 1.807) is 0 Å². The maximum absolute atomic E-state index is 4.92. The minimum absolute atomic E-state index is 0. The summed E-state index contributed by atoms with van der Waals surface area (Å²) in [6.07, 6.45) is 0. The maximum atomic E-state index is 4.92. The van der Waals surface area contributed by atoms with Gasteiger partial charge in [-0.1, -0.05) is 0 Å².